The second kappa shape index (κ2) is 8.81. The Labute approximate surface area is 152 Å². The molecule has 0 aliphatic heterocycles. The Bertz CT molecular complexity index is 566. The van der Waals surface area contributed by atoms with Crippen molar-refractivity contribution in [2.24, 2.45) is 5.92 Å². The highest BCUT2D eigenvalue weighted by Gasteiger charge is 2.46. The zero-order valence-corrected chi connectivity index (χ0v) is 16.3. The van der Waals surface area contributed by atoms with Gasteiger partial charge in [0.05, 0.1) is 11.4 Å². The largest absolute Gasteiger partial charge is 0.512 e. The number of rotatable bonds is 8. The summed E-state index contributed by atoms with van der Waals surface area (Å²) in [6, 6.07) is 0. The Hall–Kier alpha value is -1.39. The maximum atomic E-state index is 12.4. The maximum absolute atomic E-state index is 12.4. The van der Waals surface area contributed by atoms with Crippen LogP contribution in [-0.2, 0) is 4.79 Å². The van der Waals surface area contributed by atoms with Crippen molar-refractivity contribution < 1.29 is 20.1 Å². The number of aliphatic hydroxyl groups excluding tert-OH is 1. The molecule has 1 aliphatic carbocycles. The first-order chi connectivity index (χ1) is 11.5. The molecule has 0 bridgehead atoms. The summed E-state index contributed by atoms with van der Waals surface area (Å²) < 4.78 is 0. The van der Waals surface area contributed by atoms with Crippen LogP contribution in [0.2, 0.25) is 0 Å². The van der Waals surface area contributed by atoms with E-state index in [2.05, 4.69) is 19.9 Å². The van der Waals surface area contributed by atoms with E-state index >= 15 is 0 Å². The number of hydrogen-bond donors (Lipinski definition) is 3. The molecule has 0 saturated carbocycles. The number of aliphatic hydroxyl groups is 3. The van der Waals surface area contributed by atoms with Gasteiger partial charge in [-0.3, -0.25) is 4.79 Å². The average molecular weight is 350 g/mol. The predicted molar refractivity (Wildman–Crippen MR) is 101 cm³/mol. The topological polar surface area (TPSA) is 77.8 Å². The van der Waals surface area contributed by atoms with E-state index in [0.29, 0.717) is 6.42 Å². The molecule has 0 spiro atoms. The van der Waals surface area contributed by atoms with Crippen molar-refractivity contribution in [2.45, 2.75) is 84.3 Å². The summed E-state index contributed by atoms with van der Waals surface area (Å²) in [5.41, 5.74) is -0.664. The van der Waals surface area contributed by atoms with Crippen LogP contribution in [0.5, 0.6) is 0 Å². The number of Topliss-reactive ketones (excluding diaryl/α,β-unsaturated/α-hetero) is 1. The lowest BCUT2D eigenvalue weighted by Crippen LogP contribution is -2.49. The number of allylic oxidation sites excluding steroid dienone is 3. The maximum Gasteiger partial charge on any atom is 0.168 e. The van der Waals surface area contributed by atoms with Gasteiger partial charge in [0.2, 0.25) is 0 Å². The van der Waals surface area contributed by atoms with Crippen LogP contribution in [0.1, 0.15) is 73.1 Å². The first kappa shape index (κ1) is 21.7. The fourth-order valence-electron chi connectivity index (χ4n) is 3.20. The van der Waals surface area contributed by atoms with Gasteiger partial charge in [-0.15, -0.1) is 0 Å². The van der Waals surface area contributed by atoms with Crippen LogP contribution in [0.3, 0.4) is 0 Å². The average Bonchev–Trinajstić information content (AvgIpc) is 2.42. The lowest BCUT2D eigenvalue weighted by atomic mass is 9.74. The van der Waals surface area contributed by atoms with Crippen molar-refractivity contribution in [3.8, 4) is 0 Å². The molecule has 2 atom stereocenters. The van der Waals surface area contributed by atoms with Crippen LogP contribution in [0.15, 0.2) is 35.1 Å². The molecule has 1 rings (SSSR count). The third-order valence-corrected chi connectivity index (χ3v) is 4.51. The van der Waals surface area contributed by atoms with E-state index in [1.807, 2.05) is 26.8 Å². The van der Waals surface area contributed by atoms with Crippen molar-refractivity contribution in [1.29, 1.82) is 0 Å². The van der Waals surface area contributed by atoms with Crippen LogP contribution in [0.25, 0.3) is 0 Å². The second-order valence-corrected chi connectivity index (χ2v) is 8.23. The van der Waals surface area contributed by atoms with Crippen LogP contribution >= 0.6 is 0 Å². The third-order valence-electron chi connectivity index (χ3n) is 4.51. The van der Waals surface area contributed by atoms with Crippen LogP contribution in [0, 0.1) is 5.92 Å². The van der Waals surface area contributed by atoms with Crippen LogP contribution < -0.4 is 0 Å². The fourth-order valence-corrected chi connectivity index (χ4v) is 3.20. The van der Waals surface area contributed by atoms with Crippen molar-refractivity contribution >= 4 is 5.78 Å². The molecule has 142 valence electrons. The molecule has 1 aliphatic rings. The summed E-state index contributed by atoms with van der Waals surface area (Å²) in [5, 5.41) is 31.5. The molecular weight excluding hydrogens is 316 g/mol. The highest BCUT2D eigenvalue weighted by Crippen LogP contribution is 2.38. The van der Waals surface area contributed by atoms with E-state index in [1.54, 1.807) is 0 Å². The number of ketones is 1. The van der Waals surface area contributed by atoms with Crippen molar-refractivity contribution in [3.63, 3.8) is 0 Å². The SMILES string of the molecule is CC(C)=CCCC(C)=CCC1(O)CC(O)=CC(O)(C(=O)CC(C)C)C1. The van der Waals surface area contributed by atoms with Crippen molar-refractivity contribution in [2.75, 3.05) is 0 Å². The number of carbonyl (C=O) groups is 1. The molecule has 4 heteroatoms. The minimum Gasteiger partial charge on any atom is -0.512 e. The van der Waals surface area contributed by atoms with Gasteiger partial charge in [-0.1, -0.05) is 37.1 Å². The number of carbonyl (C=O) groups excluding carboxylic acids is 1. The molecule has 25 heavy (non-hydrogen) atoms. The highest BCUT2D eigenvalue weighted by atomic mass is 16.3. The normalized spacial score (nSPS) is 27.2. The Morgan fingerprint density at radius 2 is 1.88 bits per heavy atom. The summed E-state index contributed by atoms with van der Waals surface area (Å²) in [6.45, 7) is 9.94. The Kier molecular flexibility index (Phi) is 7.63. The van der Waals surface area contributed by atoms with E-state index in [9.17, 15) is 20.1 Å². The lowest BCUT2D eigenvalue weighted by Gasteiger charge is -2.38. The summed E-state index contributed by atoms with van der Waals surface area (Å²) in [4.78, 5) is 12.4. The molecule has 0 aromatic heterocycles. The molecule has 4 nitrogen and oxygen atoms in total. The molecule has 0 amide bonds. The first-order valence-corrected chi connectivity index (χ1v) is 9.13. The summed E-state index contributed by atoms with van der Waals surface area (Å²) in [7, 11) is 0. The minimum absolute atomic E-state index is 0.0576. The summed E-state index contributed by atoms with van der Waals surface area (Å²) >= 11 is 0. The van der Waals surface area contributed by atoms with E-state index < -0.39 is 11.2 Å². The Morgan fingerprint density at radius 1 is 1.24 bits per heavy atom. The van der Waals surface area contributed by atoms with Gasteiger partial charge in [0.15, 0.2) is 5.78 Å². The quantitative estimate of drug-likeness (QED) is 0.568. The molecule has 2 unspecified atom stereocenters. The zero-order valence-electron chi connectivity index (χ0n) is 16.3. The standard InChI is InChI=1S/C21H34O4/c1-15(2)7-6-8-17(5)9-10-20(24)12-18(22)13-21(25,14-20)19(23)11-16(3)4/h7,9,13,16,22,24-25H,6,8,10-12,14H2,1-5H3. The van der Waals surface area contributed by atoms with Gasteiger partial charge in [-0.05, 0) is 52.0 Å². The highest BCUT2D eigenvalue weighted by molar-refractivity contribution is 5.89. The minimum atomic E-state index is -1.79. The summed E-state index contributed by atoms with van der Waals surface area (Å²) in [6.07, 6.45) is 7.68. The monoisotopic (exact) mass is 350 g/mol. The van der Waals surface area contributed by atoms with Gasteiger partial charge in [-0.25, -0.2) is 0 Å². The van der Waals surface area contributed by atoms with E-state index in [0.717, 1.165) is 18.4 Å². The van der Waals surface area contributed by atoms with Gasteiger partial charge in [0.1, 0.15) is 5.60 Å². The molecule has 3 N–H and O–H groups in total. The van der Waals surface area contributed by atoms with Crippen molar-refractivity contribution in [1.82, 2.24) is 0 Å². The van der Waals surface area contributed by atoms with Crippen LogP contribution in [0.4, 0.5) is 0 Å². The van der Waals surface area contributed by atoms with Gasteiger partial charge in [0.25, 0.3) is 0 Å². The summed E-state index contributed by atoms with van der Waals surface area (Å²) in [5.74, 6) is -0.361. The first-order valence-electron chi connectivity index (χ1n) is 9.13. The number of hydrogen-bond acceptors (Lipinski definition) is 4. The van der Waals surface area contributed by atoms with Gasteiger partial charge in [0, 0.05) is 19.3 Å². The molecule has 0 saturated heterocycles. The van der Waals surface area contributed by atoms with Gasteiger partial charge in [-0.2, -0.15) is 0 Å². The Morgan fingerprint density at radius 3 is 2.44 bits per heavy atom. The van der Waals surface area contributed by atoms with E-state index in [4.69, 9.17) is 0 Å². The van der Waals surface area contributed by atoms with E-state index in [-0.39, 0.29) is 36.7 Å². The molecule has 0 heterocycles. The molecule has 0 radical (unpaired) electrons. The smallest absolute Gasteiger partial charge is 0.168 e. The molecule has 0 aromatic rings. The molecule has 0 aromatic carbocycles. The van der Waals surface area contributed by atoms with Gasteiger partial charge >= 0.3 is 0 Å². The third kappa shape index (κ3) is 7.17. The van der Waals surface area contributed by atoms with Crippen molar-refractivity contribution in [3.05, 3.63) is 35.1 Å². The Balaban J connectivity index is 2.81. The van der Waals surface area contributed by atoms with E-state index in [1.165, 1.54) is 11.6 Å². The predicted octanol–water partition coefficient (Wildman–Crippen LogP) is 4.38. The second-order valence-electron chi connectivity index (χ2n) is 8.23. The molecular formula is C21H34O4. The van der Waals surface area contributed by atoms with Gasteiger partial charge < -0.3 is 15.3 Å². The molecule has 0 fully saturated rings. The lowest BCUT2D eigenvalue weighted by molar-refractivity contribution is -0.142. The van der Waals surface area contributed by atoms with Crippen LogP contribution in [-0.4, -0.2) is 32.3 Å². The fraction of sp³-hybridized carbons (Fsp3) is 0.667. The zero-order chi connectivity index (χ0) is 19.3.